The molecule has 0 spiro atoms. The van der Waals surface area contributed by atoms with E-state index in [1.807, 2.05) is 19.9 Å². The predicted octanol–water partition coefficient (Wildman–Crippen LogP) is 3.82. The number of primary amides is 1. The van der Waals surface area contributed by atoms with Gasteiger partial charge in [0, 0.05) is 95.9 Å². The number of nitrogens with zero attached hydrogens (tertiary/aromatic N) is 2. The molecule has 1 saturated carbocycles. The maximum atomic E-state index is 14.7. The maximum absolute atomic E-state index is 14.7. The van der Waals surface area contributed by atoms with Crippen LogP contribution in [0.1, 0.15) is 150 Å². The second-order valence-electron chi connectivity index (χ2n) is 29.5. The van der Waals surface area contributed by atoms with Gasteiger partial charge in [-0.2, -0.15) is 0 Å². The smallest absolute Gasteiger partial charge is 0.409 e. The topological polar surface area (TPSA) is 464 Å². The van der Waals surface area contributed by atoms with Crippen LogP contribution in [0.2, 0.25) is 0 Å². The molecule has 4 heterocycles. The summed E-state index contributed by atoms with van der Waals surface area (Å²) in [5, 5.41) is 36.7. The Kier molecular flexibility index (Phi) is 36.6. The number of piperidine rings is 1. The van der Waals surface area contributed by atoms with Gasteiger partial charge in [-0.1, -0.05) is 83.2 Å². The number of Topliss-reactive ketones (excluding diaryl/α,β-unsaturated/α-hetero) is 3. The van der Waals surface area contributed by atoms with E-state index in [0.717, 1.165) is 27.5 Å². The number of ether oxygens (including phenoxy) is 8. The lowest BCUT2D eigenvalue weighted by Gasteiger charge is -2.42. The molecule has 2 saturated heterocycles. The average Bonchev–Trinajstić information content (AvgIpc) is 1.22. The number of amides is 9. The van der Waals surface area contributed by atoms with E-state index >= 15 is 0 Å². The molecule has 6 rings (SSSR count). The van der Waals surface area contributed by atoms with Gasteiger partial charge >= 0.3 is 18.1 Å². The molecule has 0 aromatic heterocycles. The Labute approximate surface area is 643 Å². The zero-order valence-corrected chi connectivity index (χ0v) is 65.0. The first kappa shape index (κ1) is 90.4. The van der Waals surface area contributed by atoms with Crippen LogP contribution in [0.15, 0.2) is 84.0 Å². The van der Waals surface area contributed by atoms with Gasteiger partial charge in [-0.25, -0.2) is 14.4 Å². The van der Waals surface area contributed by atoms with Crippen molar-refractivity contribution in [3.05, 3.63) is 89.6 Å². The molecule has 1 aromatic carbocycles. The van der Waals surface area contributed by atoms with E-state index in [2.05, 4.69) is 26.6 Å². The normalized spacial score (nSPS) is 29.6. The van der Waals surface area contributed by atoms with E-state index < -0.39 is 167 Å². The van der Waals surface area contributed by atoms with Gasteiger partial charge < -0.3 is 91.5 Å². The minimum absolute atomic E-state index is 0.00248. The van der Waals surface area contributed by atoms with Gasteiger partial charge in [-0.15, -0.1) is 0 Å². The minimum atomic E-state index is -2.52. The lowest BCUT2D eigenvalue weighted by molar-refractivity contribution is -0.265. The van der Waals surface area contributed by atoms with Crippen LogP contribution < -0.4 is 43.8 Å². The van der Waals surface area contributed by atoms with E-state index in [4.69, 9.17) is 55.1 Å². The summed E-state index contributed by atoms with van der Waals surface area (Å²) in [5.74, 6) is -12.1. The molecule has 110 heavy (non-hydrogen) atoms. The Balaban J connectivity index is 1.03. The number of imide groups is 1. The number of aliphatic hydroxyl groups is 2. The number of ketones is 3. The van der Waals surface area contributed by atoms with Crippen LogP contribution >= 0.6 is 0 Å². The standard InChI is InChI=1S/C78H116N10O22/c1-45(2)67(86-64(90)31-34-88-65(91)29-30-66(88)92)73(97)85-57(19-16-32-82-76(81)100)72(96)84-54-25-22-51(23-26-54)43-108-77(101)83-44-106-35-36-107-60-28-24-52(40-63(60)104-9)37-47(4)62-42-59(89)56(80)39-49(6)69(94)70(105-10)68(93)48(5)38-53(79)18-13-11-12-17-46(3)61(103-8)41-55-27-21-50(7)78(102,110-55)71(95)74(98)87-33-15-14-20-58(87)75(99)109-62/h11-13,17-18,22-23,25-26,29-30,39,45,47-48,50,52-53,55-58,60-63,67,69-70,94,102H,14-16,19-21,24,27-28,31-38,40-44,79-80H2,1-10H3,(H,83,101)(H,84,96)(H,85,97)(H,86,90)(H3,81,82,100)/b12-11+,18-13+,46-17+,49-39+/t47-,48+,50+,52+,53+,55-,56+,57-,58-,60+,61-,62-,63+,67-,69+,70-,78+/m0/s1. The number of alkyl carbamates (subject to hydrolysis) is 1. The number of esters is 1. The van der Waals surface area contributed by atoms with Gasteiger partial charge in [-0.05, 0) is 137 Å². The number of aliphatic hydroxyl groups excluding tert-OH is 1. The number of cyclic esters (lactones) is 1. The summed E-state index contributed by atoms with van der Waals surface area (Å²) >= 11 is 0. The Morgan fingerprint density at radius 3 is 2.18 bits per heavy atom. The molecule has 5 aliphatic rings. The molecule has 4 aliphatic heterocycles. The zero-order chi connectivity index (χ0) is 80.9. The molecular formula is C78H116N10O22. The molecule has 0 radical (unpaired) electrons. The zero-order valence-electron chi connectivity index (χ0n) is 65.0. The van der Waals surface area contributed by atoms with E-state index in [-0.39, 0.29) is 108 Å². The van der Waals surface area contributed by atoms with Crippen molar-refractivity contribution < 1.29 is 106 Å². The number of rotatable bonds is 27. The Hall–Kier alpha value is -8.44. The van der Waals surface area contributed by atoms with Gasteiger partial charge in [0.1, 0.15) is 49.8 Å². The van der Waals surface area contributed by atoms with Crippen molar-refractivity contribution in [1.82, 2.24) is 31.1 Å². The van der Waals surface area contributed by atoms with E-state index in [0.29, 0.717) is 62.6 Å². The van der Waals surface area contributed by atoms with Crippen molar-refractivity contribution in [1.29, 1.82) is 0 Å². The lowest BCUT2D eigenvalue weighted by Crippen LogP contribution is -2.61. The van der Waals surface area contributed by atoms with Crippen molar-refractivity contribution in [2.45, 2.75) is 230 Å². The minimum Gasteiger partial charge on any atom is -0.460 e. The van der Waals surface area contributed by atoms with Crippen molar-refractivity contribution in [2.24, 2.45) is 46.8 Å². The maximum Gasteiger partial charge on any atom is 0.409 e. The molecule has 9 amide bonds. The average molecular weight is 1550 g/mol. The molecule has 17 atom stereocenters. The van der Waals surface area contributed by atoms with Gasteiger partial charge in [-0.3, -0.25) is 53.4 Å². The molecule has 1 aromatic rings. The highest BCUT2D eigenvalue weighted by atomic mass is 16.6. The van der Waals surface area contributed by atoms with Crippen LogP contribution in [0.4, 0.5) is 15.3 Å². The van der Waals surface area contributed by atoms with Crippen molar-refractivity contribution >= 4 is 76.6 Å². The van der Waals surface area contributed by atoms with E-state index in [9.17, 15) is 67.7 Å². The van der Waals surface area contributed by atoms with Crippen LogP contribution in [-0.4, -0.2) is 231 Å². The first-order valence-corrected chi connectivity index (χ1v) is 38.0. The molecule has 13 N–H and O–H groups in total. The lowest BCUT2D eigenvalue weighted by atomic mass is 9.78. The summed E-state index contributed by atoms with van der Waals surface area (Å²) in [6.07, 6.45) is 9.92. The third-order valence-electron chi connectivity index (χ3n) is 20.9. The van der Waals surface area contributed by atoms with Crippen molar-refractivity contribution in [2.75, 3.05) is 66.2 Å². The number of urea groups is 1. The Bertz CT molecular complexity index is 3470. The van der Waals surface area contributed by atoms with Crippen molar-refractivity contribution in [3.8, 4) is 0 Å². The van der Waals surface area contributed by atoms with Gasteiger partial charge in [0.15, 0.2) is 11.6 Å². The molecule has 2 bridgehead atoms. The number of nitrogens with two attached hydrogens (primary N) is 3. The number of benzene rings is 1. The quantitative estimate of drug-likeness (QED) is 0.0149. The summed E-state index contributed by atoms with van der Waals surface area (Å²) in [6, 6.07) is 0.186. The highest BCUT2D eigenvalue weighted by Crippen LogP contribution is 2.38. The fourth-order valence-electron chi connectivity index (χ4n) is 14.2. The van der Waals surface area contributed by atoms with Crippen molar-refractivity contribution in [3.63, 3.8) is 0 Å². The number of allylic oxidation sites excluding steroid dienone is 4. The number of anilines is 1. The summed E-state index contributed by atoms with van der Waals surface area (Å²) in [5.41, 5.74) is 20.1. The van der Waals surface area contributed by atoms with Gasteiger partial charge in [0.2, 0.25) is 23.5 Å². The van der Waals surface area contributed by atoms with E-state index in [1.165, 1.54) is 27.2 Å². The fraction of sp³-hybridized carbons (Fsp3) is 0.641. The van der Waals surface area contributed by atoms with Crippen LogP contribution in [0.25, 0.3) is 0 Å². The largest absolute Gasteiger partial charge is 0.460 e. The summed E-state index contributed by atoms with van der Waals surface area (Å²) < 4.78 is 47.1. The number of hydrogen-bond acceptors (Lipinski definition) is 24. The van der Waals surface area contributed by atoms with E-state index in [1.54, 1.807) is 83.4 Å². The predicted molar refractivity (Wildman–Crippen MR) is 402 cm³/mol. The summed E-state index contributed by atoms with van der Waals surface area (Å²) in [4.78, 5) is 162. The third kappa shape index (κ3) is 27.2. The summed E-state index contributed by atoms with van der Waals surface area (Å²) in [7, 11) is 4.40. The SMILES string of the molecule is CO[C@H]1C[C@@H]2CC[C@@H](C)[C@@](O)(O2)C(=O)C(=O)N2CCCC[C@H]2C(=O)O[C@H]([C@@H](C)C[C@H]2CC[C@@H](OCCOCNC(=O)OCc3ccc(NC(=O)[C@H](CCCNC(N)=O)NC(=O)[C@@H](NC(=O)CCN4C(=O)C=CC4=O)C(C)C)cc3)[C@H](OC)C2)CC(=O)[C@H](N)/C=C(\C)[C@@H](O)[C@@H](OC)C(=O)[C@H](C)C[C@H](N)/C=C/C=C/C=C/1C. The molecule has 3 fully saturated rings. The Morgan fingerprint density at radius 2 is 1.51 bits per heavy atom. The fourth-order valence-corrected chi connectivity index (χ4v) is 14.2. The molecular weight excluding hydrogens is 1430 g/mol. The molecule has 610 valence electrons. The highest BCUT2D eigenvalue weighted by molar-refractivity contribution is 6.39. The first-order valence-electron chi connectivity index (χ1n) is 38.0. The van der Waals surface area contributed by atoms with Crippen LogP contribution in [0, 0.1) is 29.6 Å². The number of fused-ring (bicyclic) bond motifs is 3. The third-order valence-corrected chi connectivity index (χ3v) is 20.9. The summed E-state index contributed by atoms with van der Waals surface area (Å²) in [6.45, 7) is 11.7. The number of carbonyl (C=O) groups is 12. The Morgan fingerprint density at radius 1 is 0.791 bits per heavy atom. The van der Waals surface area contributed by atoms with Gasteiger partial charge in [0.05, 0.1) is 43.7 Å². The van der Waals surface area contributed by atoms with Crippen LogP contribution in [0.5, 0.6) is 0 Å². The second kappa shape index (κ2) is 44.6. The number of methoxy groups -OCH3 is 3. The molecule has 1 aliphatic carbocycles. The molecule has 32 nitrogen and oxygen atoms in total. The van der Waals surface area contributed by atoms with Gasteiger partial charge in [0.25, 0.3) is 23.5 Å². The molecule has 0 unspecified atom stereocenters. The molecule has 32 heteroatoms. The van der Waals surface area contributed by atoms with Crippen LogP contribution in [-0.2, 0) is 92.4 Å². The second-order valence-corrected chi connectivity index (χ2v) is 29.5. The van der Waals surface area contributed by atoms with Crippen LogP contribution in [0.3, 0.4) is 0 Å². The number of carbonyl (C=O) groups excluding carboxylic acids is 12. The number of nitrogens with one attached hydrogen (secondary N) is 5. The first-order chi connectivity index (χ1) is 52.3. The highest BCUT2D eigenvalue weighted by Gasteiger charge is 2.53. The number of hydrogen-bond donors (Lipinski definition) is 10. The monoisotopic (exact) mass is 1540 g/mol.